The maximum atomic E-state index is 11.9. The third-order valence-electron chi connectivity index (χ3n) is 5.44. The first kappa shape index (κ1) is 20.8. The van der Waals surface area contributed by atoms with E-state index in [0.29, 0.717) is 13.1 Å². The van der Waals surface area contributed by atoms with E-state index in [9.17, 15) is 10.1 Å². The van der Waals surface area contributed by atoms with Crippen molar-refractivity contribution in [3.63, 3.8) is 0 Å². The molecule has 0 saturated carbocycles. The molecule has 0 amide bonds. The number of benzene rings is 4. The van der Waals surface area contributed by atoms with Crippen LogP contribution in [0.3, 0.4) is 0 Å². The lowest BCUT2D eigenvalue weighted by Gasteiger charge is -2.03. The average Bonchev–Trinajstić information content (AvgIpc) is 3.15. The van der Waals surface area contributed by atoms with Crippen LogP contribution in [0, 0.1) is 10.1 Å². The molecule has 0 atom stereocenters. The molecule has 0 saturated heterocycles. The van der Waals surface area contributed by atoms with Crippen LogP contribution < -0.4 is 21.5 Å². The highest BCUT2D eigenvalue weighted by Crippen LogP contribution is 2.19. The molecule has 5 nitrogen and oxygen atoms in total. The average molecular weight is 474 g/mol. The number of halogens is 1. The molecule has 1 heterocycles. The number of fused-ring (bicyclic) bond motifs is 2. The van der Waals surface area contributed by atoms with Crippen LogP contribution in [-0.4, -0.2) is 9.49 Å². The van der Waals surface area contributed by atoms with E-state index in [1.165, 1.54) is 0 Å². The van der Waals surface area contributed by atoms with Gasteiger partial charge in [0.1, 0.15) is 13.1 Å². The minimum absolute atomic E-state index is 0. The molecular formula is C25H20BrN3O2. The molecule has 154 valence electrons. The predicted octanol–water partition coefficient (Wildman–Crippen LogP) is 2.09. The molecule has 4 aromatic carbocycles. The predicted molar refractivity (Wildman–Crippen MR) is 117 cm³/mol. The zero-order chi connectivity index (χ0) is 20.5. The van der Waals surface area contributed by atoms with Gasteiger partial charge in [-0.1, -0.05) is 72.8 Å². The van der Waals surface area contributed by atoms with Crippen LogP contribution in [0.5, 0.6) is 0 Å². The first-order valence-electron chi connectivity index (χ1n) is 9.86. The Bertz CT molecular complexity index is 1300. The van der Waals surface area contributed by atoms with Gasteiger partial charge >= 0.3 is 5.95 Å². The topological polar surface area (TPSA) is 52.0 Å². The smallest absolute Gasteiger partial charge is 0.580 e. The number of nitrogens with zero attached hydrogens (tertiary/aromatic N) is 3. The van der Waals surface area contributed by atoms with Crippen LogP contribution in [-0.2, 0) is 13.1 Å². The Hall–Kier alpha value is -3.51. The van der Waals surface area contributed by atoms with Crippen molar-refractivity contribution in [3.05, 3.63) is 119 Å². The Kier molecular flexibility index (Phi) is 5.82. The van der Waals surface area contributed by atoms with Crippen LogP contribution in [0.2, 0.25) is 0 Å². The number of hydrogen-bond donors (Lipinski definition) is 0. The molecular weight excluding hydrogens is 454 g/mol. The lowest BCUT2D eigenvalue weighted by molar-refractivity contribution is -0.729. The van der Waals surface area contributed by atoms with Crippen molar-refractivity contribution in [2.75, 3.05) is 0 Å². The molecule has 0 bridgehead atoms. The molecule has 0 fully saturated rings. The molecule has 31 heavy (non-hydrogen) atoms. The normalized spacial score (nSPS) is 10.8. The van der Waals surface area contributed by atoms with Crippen LogP contribution in [0.4, 0.5) is 5.95 Å². The summed E-state index contributed by atoms with van der Waals surface area (Å²) in [6, 6.07) is 28.6. The van der Waals surface area contributed by atoms with Gasteiger partial charge in [0.15, 0.2) is 12.4 Å². The molecule has 0 aliphatic carbocycles. The summed E-state index contributed by atoms with van der Waals surface area (Å²) in [6.45, 7) is 0.901. The van der Waals surface area contributed by atoms with E-state index < -0.39 is 0 Å². The van der Waals surface area contributed by atoms with Gasteiger partial charge in [0.2, 0.25) is 0 Å². The molecule has 0 unspecified atom stereocenters. The van der Waals surface area contributed by atoms with E-state index in [0.717, 1.165) is 32.7 Å². The van der Waals surface area contributed by atoms with Gasteiger partial charge in [0, 0.05) is 11.1 Å². The van der Waals surface area contributed by atoms with Crippen molar-refractivity contribution in [2.24, 2.45) is 0 Å². The quantitative estimate of drug-likeness (QED) is 0.223. The Labute approximate surface area is 190 Å². The third-order valence-corrected chi connectivity index (χ3v) is 5.44. The SMILES string of the molecule is O=[N+]([O-])c1n(Cc2ccc3ccccc3c2)cc[n+]1Cc1ccc2ccccc2c1.[Br-]. The van der Waals surface area contributed by atoms with Gasteiger partial charge in [0.25, 0.3) is 0 Å². The van der Waals surface area contributed by atoms with E-state index in [4.69, 9.17) is 0 Å². The summed E-state index contributed by atoms with van der Waals surface area (Å²) < 4.78 is 3.40. The highest BCUT2D eigenvalue weighted by molar-refractivity contribution is 5.83. The van der Waals surface area contributed by atoms with E-state index in [-0.39, 0.29) is 27.9 Å². The molecule has 5 aromatic rings. The zero-order valence-corrected chi connectivity index (χ0v) is 18.3. The highest BCUT2D eigenvalue weighted by atomic mass is 79.9. The van der Waals surface area contributed by atoms with E-state index in [2.05, 4.69) is 48.5 Å². The summed E-state index contributed by atoms with van der Waals surface area (Å²) in [5.74, 6) is 0.0799. The highest BCUT2D eigenvalue weighted by Gasteiger charge is 2.29. The van der Waals surface area contributed by atoms with Gasteiger partial charge in [-0.05, 0) is 33.7 Å². The minimum atomic E-state index is -0.303. The zero-order valence-electron chi connectivity index (χ0n) is 16.7. The molecule has 0 aliphatic rings. The van der Waals surface area contributed by atoms with Crippen molar-refractivity contribution >= 4 is 27.5 Å². The van der Waals surface area contributed by atoms with Crippen LogP contribution in [0.25, 0.3) is 21.5 Å². The van der Waals surface area contributed by atoms with Gasteiger partial charge in [-0.3, -0.25) is 0 Å². The first-order chi connectivity index (χ1) is 14.7. The summed E-state index contributed by atoms with van der Waals surface area (Å²) in [4.78, 5) is 11.6. The Morgan fingerprint density at radius 2 is 1.32 bits per heavy atom. The maximum absolute atomic E-state index is 11.9. The maximum Gasteiger partial charge on any atom is 0.580 e. The molecule has 0 radical (unpaired) electrons. The second kappa shape index (κ2) is 8.70. The molecule has 0 spiro atoms. The summed E-state index contributed by atoms with van der Waals surface area (Å²) in [5.41, 5.74) is 2.07. The summed E-state index contributed by atoms with van der Waals surface area (Å²) >= 11 is 0. The lowest BCUT2D eigenvalue weighted by Crippen LogP contribution is -3.00. The number of hydrogen-bond acceptors (Lipinski definition) is 2. The van der Waals surface area contributed by atoms with Crippen molar-refractivity contribution in [1.82, 2.24) is 4.57 Å². The third kappa shape index (κ3) is 4.20. The molecule has 0 N–H and O–H groups in total. The van der Waals surface area contributed by atoms with Gasteiger partial charge in [-0.25, -0.2) is 0 Å². The fourth-order valence-electron chi connectivity index (χ4n) is 3.98. The van der Waals surface area contributed by atoms with Crippen molar-refractivity contribution < 1.29 is 26.5 Å². The van der Waals surface area contributed by atoms with Gasteiger partial charge in [0.05, 0.1) is 4.92 Å². The van der Waals surface area contributed by atoms with Gasteiger partial charge in [-0.2, -0.15) is 0 Å². The first-order valence-corrected chi connectivity index (χ1v) is 9.86. The van der Waals surface area contributed by atoms with Crippen LogP contribution in [0.1, 0.15) is 11.1 Å². The van der Waals surface area contributed by atoms with Crippen molar-refractivity contribution in [1.29, 1.82) is 0 Å². The number of aromatic nitrogens is 2. The Morgan fingerprint density at radius 3 is 1.94 bits per heavy atom. The number of rotatable bonds is 5. The largest absolute Gasteiger partial charge is 1.00 e. The number of nitro groups is 1. The van der Waals surface area contributed by atoms with E-state index in [1.807, 2.05) is 36.4 Å². The van der Waals surface area contributed by atoms with Crippen molar-refractivity contribution in [3.8, 4) is 0 Å². The second-order valence-electron chi connectivity index (χ2n) is 7.47. The number of imidazole rings is 1. The van der Waals surface area contributed by atoms with Gasteiger partial charge in [-0.15, -0.1) is 9.13 Å². The van der Waals surface area contributed by atoms with Crippen LogP contribution >= 0.6 is 0 Å². The molecule has 5 rings (SSSR count). The monoisotopic (exact) mass is 473 g/mol. The second-order valence-corrected chi connectivity index (χ2v) is 7.47. The molecule has 6 heteroatoms. The Balaban J connectivity index is 0.00000231. The standard InChI is InChI=1S/C25H20N3O2.BrH/c29-28(30)25-26(17-19-9-11-21-5-1-3-7-23(21)15-19)13-14-27(25)18-20-10-12-22-6-2-4-8-24(22)16-20;/h1-16H,17-18H2;1H/q+1;/p-1. The fraction of sp³-hybridized carbons (Fsp3) is 0.0800. The fourth-order valence-corrected chi connectivity index (χ4v) is 3.98. The Morgan fingerprint density at radius 1 is 0.774 bits per heavy atom. The lowest BCUT2D eigenvalue weighted by atomic mass is 10.1. The van der Waals surface area contributed by atoms with Gasteiger partial charge < -0.3 is 27.1 Å². The summed E-state index contributed by atoms with van der Waals surface area (Å²) in [6.07, 6.45) is 3.57. The van der Waals surface area contributed by atoms with Crippen LogP contribution in [0.15, 0.2) is 97.3 Å². The van der Waals surface area contributed by atoms with Crippen molar-refractivity contribution in [2.45, 2.75) is 13.1 Å². The minimum Gasteiger partial charge on any atom is -1.00 e. The molecule has 0 aliphatic heterocycles. The summed E-state index contributed by atoms with van der Waals surface area (Å²) in [7, 11) is 0. The van der Waals surface area contributed by atoms with E-state index in [1.54, 1.807) is 21.5 Å². The summed E-state index contributed by atoms with van der Waals surface area (Å²) in [5, 5.41) is 16.5. The molecule has 1 aromatic heterocycles. The van der Waals surface area contributed by atoms with E-state index >= 15 is 0 Å².